The highest BCUT2D eigenvalue weighted by atomic mass is 16.3. The highest BCUT2D eigenvalue weighted by molar-refractivity contribution is 4.78. The van der Waals surface area contributed by atoms with Crippen LogP contribution in [0.1, 0.15) is 46.5 Å². The van der Waals surface area contributed by atoms with Crippen molar-refractivity contribution < 1.29 is 5.11 Å². The number of aliphatic hydroxyl groups excluding tert-OH is 1. The van der Waals surface area contributed by atoms with E-state index in [-0.39, 0.29) is 6.10 Å². The van der Waals surface area contributed by atoms with E-state index in [0.717, 1.165) is 13.1 Å². The second-order valence-corrected chi connectivity index (χ2v) is 6.37. The van der Waals surface area contributed by atoms with Crippen molar-refractivity contribution in [1.82, 2.24) is 4.90 Å². The second kappa shape index (κ2) is 5.31. The molecule has 0 heterocycles. The first kappa shape index (κ1) is 13.0. The van der Waals surface area contributed by atoms with Crippen molar-refractivity contribution in [2.24, 2.45) is 11.3 Å². The van der Waals surface area contributed by atoms with Crippen LogP contribution in [0.4, 0.5) is 0 Å². The van der Waals surface area contributed by atoms with Gasteiger partial charge in [-0.05, 0) is 31.2 Å². The average molecular weight is 213 g/mol. The Labute approximate surface area is 94.7 Å². The van der Waals surface area contributed by atoms with Crippen LogP contribution in [0.2, 0.25) is 0 Å². The molecule has 0 aromatic heterocycles. The SMILES string of the molecule is CN(CC(O)C1CCCC1)CC(C)(C)C. The van der Waals surface area contributed by atoms with Crippen LogP contribution in [0, 0.1) is 11.3 Å². The maximum Gasteiger partial charge on any atom is 0.0695 e. The van der Waals surface area contributed by atoms with Gasteiger partial charge in [-0.3, -0.25) is 0 Å². The molecule has 1 aliphatic carbocycles. The molecule has 0 amide bonds. The lowest BCUT2D eigenvalue weighted by molar-refractivity contribution is 0.0641. The molecule has 0 aromatic carbocycles. The van der Waals surface area contributed by atoms with Crippen LogP contribution in [0.15, 0.2) is 0 Å². The van der Waals surface area contributed by atoms with Gasteiger partial charge in [0.15, 0.2) is 0 Å². The van der Waals surface area contributed by atoms with E-state index in [1.165, 1.54) is 25.7 Å². The fraction of sp³-hybridized carbons (Fsp3) is 1.00. The van der Waals surface area contributed by atoms with Gasteiger partial charge < -0.3 is 10.0 Å². The summed E-state index contributed by atoms with van der Waals surface area (Å²) in [5.41, 5.74) is 0.324. The molecule has 2 nitrogen and oxygen atoms in total. The summed E-state index contributed by atoms with van der Waals surface area (Å²) in [6.07, 6.45) is 4.96. The van der Waals surface area contributed by atoms with Crippen LogP contribution in [0.5, 0.6) is 0 Å². The van der Waals surface area contributed by atoms with Crippen molar-refractivity contribution in [3.63, 3.8) is 0 Å². The normalized spacial score (nSPS) is 21.2. The number of aliphatic hydroxyl groups is 1. The van der Waals surface area contributed by atoms with Gasteiger partial charge in [-0.15, -0.1) is 0 Å². The molecule has 0 aromatic rings. The van der Waals surface area contributed by atoms with E-state index < -0.39 is 0 Å². The maximum atomic E-state index is 10.1. The minimum absolute atomic E-state index is 0.111. The van der Waals surface area contributed by atoms with Gasteiger partial charge in [-0.1, -0.05) is 33.6 Å². The third kappa shape index (κ3) is 4.98. The largest absolute Gasteiger partial charge is 0.392 e. The van der Waals surface area contributed by atoms with Crippen molar-refractivity contribution >= 4 is 0 Å². The van der Waals surface area contributed by atoms with E-state index in [2.05, 4.69) is 32.7 Å². The Balaban J connectivity index is 2.27. The highest BCUT2D eigenvalue weighted by Crippen LogP contribution is 2.28. The number of likely N-dealkylation sites (N-methyl/N-ethyl adjacent to an activating group) is 1. The monoisotopic (exact) mass is 213 g/mol. The quantitative estimate of drug-likeness (QED) is 0.775. The summed E-state index contributed by atoms with van der Waals surface area (Å²) in [7, 11) is 2.11. The van der Waals surface area contributed by atoms with E-state index in [0.29, 0.717) is 11.3 Å². The zero-order valence-electron chi connectivity index (χ0n) is 10.8. The number of hydrogen-bond donors (Lipinski definition) is 1. The van der Waals surface area contributed by atoms with E-state index in [4.69, 9.17) is 0 Å². The molecule has 1 saturated carbocycles. The molecular weight excluding hydrogens is 186 g/mol. The summed E-state index contributed by atoms with van der Waals surface area (Å²) >= 11 is 0. The molecular formula is C13H27NO. The standard InChI is InChI=1S/C13H27NO/c1-13(2,3)10-14(4)9-12(15)11-7-5-6-8-11/h11-12,15H,5-10H2,1-4H3. The summed E-state index contributed by atoms with van der Waals surface area (Å²) < 4.78 is 0. The van der Waals surface area contributed by atoms with Crippen LogP contribution < -0.4 is 0 Å². The number of nitrogens with zero attached hydrogens (tertiary/aromatic N) is 1. The van der Waals surface area contributed by atoms with Crippen LogP contribution >= 0.6 is 0 Å². The third-order valence-corrected chi connectivity index (χ3v) is 3.19. The molecule has 1 rings (SSSR count). The minimum Gasteiger partial charge on any atom is -0.392 e. The van der Waals surface area contributed by atoms with Gasteiger partial charge in [0.1, 0.15) is 0 Å². The van der Waals surface area contributed by atoms with E-state index in [1.54, 1.807) is 0 Å². The Morgan fingerprint density at radius 1 is 1.27 bits per heavy atom. The first-order valence-electron chi connectivity index (χ1n) is 6.25. The smallest absolute Gasteiger partial charge is 0.0695 e. The van der Waals surface area contributed by atoms with Gasteiger partial charge in [-0.25, -0.2) is 0 Å². The first-order chi connectivity index (χ1) is 6.88. The fourth-order valence-corrected chi connectivity index (χ4v) is 2.68. The molecule has 1 atom stereocenters. The van der Waals surface area contributed by atoms with Gasteiger partial charge in [-0.2, -0.15) is 0 Å². The fourth-order valence-electron chi connectivity index (χ4n) is 2.68. The molecule has 0 bridgehead atoms. The predicted molar refractivity (Wildman–Crippen MR) is 64.9 cm³/mol. The van der Waals surface area contributed by atoms with Crippen LogP contribution in [0.3, 0.4) is 0 Å². The number of hydrogen-bond acceptors (Lipinski definition) is 2. The van der Waals surface area contributed by atoms with E-state index in [1.807, 2.05) is 0 Å². The number of rotatable bonds is 4. The van der Waals surface area contributed by atoms with E-state index >= 15 is 0 Å². The van der Waals surface area contributed by atoms with Crippen LogP contribution in [-0.2, 0) is 0 Å². The lowest BCUT2D eigenvalue weighted by atomic mass is 9.95. The molecule has 90 valence electrons. The molecule has 15 heavy (non-hydrogen) atoms. The lowest BCUT2D eigenvalue weighted by Gasteiger charge is -2.29. The van der Waals surface area contributed by atoms with Crippen LogP contribution in [-0.4, -0.2) is 36.2 Å². The molecule has 0 aliphatic heterocycles. The van der Waals surface area contributed by atoms with Crippen molar-refractivity contribution in [3.05, 3.63) is 0 Å². The van der Waals surface area contributed by atoms with Gasteiger partial charge in [0, 0.05) is 13.1 Å². The Hall–Kier alpha value is -0.0800. The van der Waals surface area contributed by atoms with Gasteiger partial charge in [0.05, 0.1) is 6.10 Å². The summed E-state index contributed by atoms with van der Waals surface area (Å²) in [6.45, 7) is 8.61. The summed E-state index contributed by atoms with van der Waals surface area (Å²) in [5.74, 6) is 0.562. The molecule has 1 N–H and O–H groups in total. The zero-order valence-corrected chi connectivity index (χ0v) is 10.8. The van der Waals surface area contributed by atoms with Gasteiger partial charge in [0.25, 0.3) is 0 Å². The van der Waals surface area contributed by atoms with Gasteiger partial charge in [0.2, 0.25) is 0 Å². The summed E-state index contributed by atoms with van der Waals surface area (Å²) in [6, 6.07) is 0. The molecule has 0 spiro atoms. The average Bonchev–Trinajstić information content (AvgIpc) is 2.50. The third-order valence-electron chi connectivity index (χ3n) is 3.19. The molecule has 0 saturated heterocycles. The second-order valence-electron chi connectivity index (χ2n) is 6.37. The van der Waals surface area contributed by atoms with Crippen molar-refractivity contribution in [3.8, 4) is 0 Å². The van der Waals surface area contributed by atoms with Crippen molar-refractivity contribution in [2.75, 3.05) is 20.1 Å². The highest BCUT2D eigenvalue weighted by Gasteiger charge is 2.25. The lowest BCUT2D eigenvalue weighted by Crippen LogP contribution is -2.37. The van der Waals surface area contributed by atoms with Gasteiger partial charge >= 0.3 is 0 Å². The Morgan fingerprint density at radius 2 is 1.80 bits per heavy atom. The molecule has 0 radical (unpaired) electrons. The van der Waals surface area contributed by atoms with Crippen molar-refractivity contribution in [2.45, 2.75) is 52.6 Å². The predicted octanol–water partition coefficient (Wildman–Crippen LogP) is 2.52. The molecule has 2 heteroatoms. The van der Waals surface area contributed by atoms with Crippen molar-refractivity contribution in [1.29, 1.82) is 0 Å². The van der Waals surface area contributed by atoms with Crippen LogP contribution in [0.25, 0.3) is 0 Å². The molecule has 1 aliphatic rings. The Morgan fingerprint density at radius 3 is 2.27 bits per heavy atom. The zero-order chi connectivity index (χ0) is 11.5. The Bertz CT molecular complexity index is 179. The first-order valence-corrected chi connectivity index (χ1v) is 6.25. The maximum absolute atomic E-state index is 10.1. The minimum atomic E-state index is -0.111. The summed E-state index contributed by atoms with van der Waals surface area (Å²) in [5, 5.41) is 10.1. The van der Waals surface area contributed by atoms with E-state index in [9.17, 15) is 5.11 Å². The molecule has 1 unspecified atom stereocenters. The molecule has 1 fully saturated rings. The topological polar surface area (TPSA) is 23.5 Å². The Kier molecular flexibility index (Phi) is 4.60. The summed E-state index contributed by atoms with van der Waals surface area (Å²) in [4.78, 5) is 2.27.